The van der Waals surface area contributed by atoms with Crippen LogP contribution in [-0.2, 0) is 6.42 Å². The molecule has 8 heteroatoms. The second kappa shape index (κ2) is 8.24. The van der Waals surface area contributed by atoms with Gasteiger partial charge in [-0.1, -0.05) is 12.1 Å². The highest BCUT2D eigenvalue weighted by molar-refractivity contribution is 5.91. The third kappa shape index (κ3) is 3.86. The fourth-order valence-corrected chi connectivity index (χ4v) is 4.16. The molecule has 0 N–H and O–H groups in total. The Kier molecular flexibility index (Phi) is 5.54. The average Bonchev–Trinajstić information content (AvgIpc) is 3.24. The molecule has 8 nitrogen and oxygen atoms in total. The van der Waals surface area contributed by atoms with Gasteiger partial charge < -0.3 is 9.80 Å². The summed E-state index contributed by atoms with van der Waals surface area (Å²) in [7, 11) is 0. The Morgan fingerprint density at radius 1 is 1.14 bits per heavy atom. The fraction of sp³-hybridized carbons (Fsp3) is 0.650. The zero-order valence-electron chi connectivity index (χ0n) is 16.8. The summed E-state index contributed by atoms with van der Waals surface area (Å²) >= 11 is 0. The monoisotopic (exact) mass is 383 g/mol. The van der Waals surface area contributed by atoms with E-state index in [0.717, 1.165) is 69.9 Å². The molecule has 0 atom stereocenters. The Bertz CT molecular complexity index is 820. The van der Waals surface area contributed by atoms with Crippen LogP contribution in [0.1, 0.15) is 66.9 Å². The number of aromatic nitrogens is 5. The summed E-state index contributed by atoms with van der Waals surface area (Å²) in [4.78, 5) is 25.9. The van der Waals surface area contributed by atoms with Crippen LogP contribution in [-0.4, -0.2) is 61.9 Å². The number of nitrogens with zero attached hydrogens (tertiary/aromatic N) is 7. The van der Waals surface area contributed by atoms with E-state index in [1.807, 2.05) is 28.9 Å². The summed E-state index contributed by atoms with van der Waals surface area (Å²) in [5.74, 6) is 1.90. The highest BCUT2D eigenvalue weighted by atomic mass is 16.2. The standard InChI is InChI=1S/C20H29N7O/c1-3-16-13-21-15(2)22-19(16)25-11-7-17(8-12-25)27-14-18(23-24-27)20(28)26-9-5-4-6-10-26/h13-14,17H,3-12H2,1-2H3. The Hall–Kier alpha value is -2.51. The molecule has 4 rings (SSSR count). The van der Waals surface area contributed by atoms with E-state index in [2.05, 4.69) is 32.1 Å². The highest BCUT2D eigenvalue weighted by Gasteiger charge is 2.26. The smallest absolute Gasteiger partial charge is 0.276 e. The normalized spacial score (nSPS) is 18.5. The van der Waals surface area contributed by atoms with Gasteiger partial charge in [0.15, 0.2) is 5.69 Å². The highest BCUT2D eigenvalue weighted by Crippen LogP contribution is 2.27. The summed E-state index contributed by atoms with van der Waals surface area (Å²) in [6.07, 6.45) is 10.0. The lowest BCUT2D eigenvalue weighted by Crippen LogP contribution is -2.36. The number of amides is 1. The zero-order valence-corrected chi connectivity index (χ0v) is 16.8. The molecule has 0 bridgehead atoms. The maximum atomic E-state index is 12.6. The first-order chi connectivity index (χ1) is 13.7. The molecule has 2 aliphatic rings. The molecule has 2 aliphatic heterocycles. The van der Waals surface area contributed by atoms with Gasteiger partial charge in [0.2, 0.25) is 0 Å². The minimum absolute atomic E-state index is 0.0208. The van der Waals surface area contributed by atoms with Gasteiger partial charge in [-0.15, -0.1) is 5.10 Å². The second-order valence-electron chi connectivity index (χ2n) is 7.77. The van der Waals surface area contributed by atoms with Gasteiger partial charge in [-0.25, -0.2) is 14.6 Å². The molecule has 0 spiro atoms. The summed E-state index contributed by atoms with van der Waals surface area (Å²) in [6, 6.07) is 0.277. The summed E-state index contributed by atoms with van der Waals surface area (Å²) in [6.45, 7) is 7.59. The van der Waals surface area contributed by atoms with Crippen molar-refractivity contribution in [2.24, 2.45) is 0 Å². The summed E-state index contributed by atoms with van der Waals surface area (Å²) in [5, 5.41) is 8.45. The quantitative estimate of drug-likeness (QED) is 0.807. The summed E-state index contributed by atoms with van der Waals surface area (Å²) < 4.78 is 1.89. The zero-order chi connectivity index (χ0) is 19.5. The van der Waals surface area contributed by atoms with Crippen molar-refractivity contribution >= 4 is 11.7 Å². The second-order valence-corrected chi connectivity index (χ2v) is 7.77. The van der Waals surface area contributed by atoms with Gasteiger partial charge in [0.05, 0.1) is 12.2 Å². The van der Waals surface area contributed by atoms with Gasteiger partial charge in [0, 0.05) is 37.9 Å². The van der Waals surface area contributed by atoms with Crippen molar-refractivity contribution in [1.82, 2.24) is 29.9 Å². The molecule has 2 aromatic heterocycles. The fourth-order valence-electron chi connectivity index (χ4n) is 4.16. The number of piperidine rings is 2. The first-order valence-electron chi connectivity index (χ1n) is 10.4. The Morgan fingerprint density at radius 3 is 2.61 bits per heavy atom. The van der Waals surface area contributed by atoms with Crippen molar-refractivity contribution < 1.29 is 4.79 Å². The van der Waals surface area contributed by atoms with E-state index >= 15 is 0 Å². The van der Waals surface area contributed by atoms with Crippen LogP contribution >= 0.6 is 0 Å². The Labute approximate surface area is 166 Å². The van der Waals surface area contributed by atoms with Crippen LogP contribution in [0, 0.1) is 6.92 Å². The van der Waals surface area contributed by atoms with Crippen LogP contribution in [0.25, 0.3) is 0 Å². The van der Waals surface area contributed by atoms with Gasteiger partial charge in [-0.05, 0) is 45.4 Å². The molecule has 150 valence electrons. The lowest BCUT2D eigenvalue weighted by Gasteiger charge is -2.33. The number of rotatable bonds is 4. The minimum Gasteiger partial charge on any atom is -0.356 e. The van der Waals surface area contributed by atoms with Crippen molar-refractivity contribution in [3.8, 4) is 0 Å². The van der Waals surface area contributed by atoms with E-state index < -0.39 is 0 Å². The van der Waals surface area contributed by atoms with Crippen molar-refractivity contribution in [1.29, 1.82) is 0 Å². The predicted molar refractivity (Wildman–Crippen MR) is 106 cm³/mol. The van der Waals surface area contributed by atoms with Crippen molar-refractivity contribution in [2.45, 2.75) is 58.4 Å². The molecular weight excluding hydrogens is 354 g/mol. The molecule has 0 radical (unpaired) electrons. The first kappa shape index (κ1) is 18.8. The van der Waals surface area contributed by atoms with Crippen molar-refractivity contribution in [3.05, 3.63) is 29.5 Å². The van der Waals surface area contributed by atoms with Crippen LogP contribution in [0.5, 0.6) is 0 Å². The SMILES string of the molecule is CCc1cnc(C)nc1N1CCC(n2cc(C(=O)N3CCCCC3)nn2)CC1. The maximum Gasteiger partial charge on any atom is 0.276 e. The van der Waals surface area contributed by atoms with E-state index in [1.165, 1.54) is 12.0 Å². The third-order valence-electron chi connectivity index (χ3n) is 5.85. The molecule has 2 aromatic rings. The Morgan fingerprint density at radius 2 is 1.89 bits per heavy atom. The number of carbonyl (C=O) groups is 1. The number of carbonyl (C=O) groups excluding carboxylic acids is 1. The van der Waals surface area contributed by atoms with Gasteiger partial charge in [-0.2, -0.15) is 0 Å². The van der Waals surface area contributed by atoms with E-state index in [-0.39, 0.29) is 11.9 Å². The topological polar surface area (TPSA) is 80.0 Å². The molecular formula is C20H29N7O. The number of hydrogen-bond donors (Lipinski definition) is 0. The van der Waals surface area contributed by atoms with Crippen LogP contribution in [0.2, 0.25) is 0 Å². The van der Waals surface area contributed by atoms with Crippen LogP contribution in [0.15, 0.2) is 12.4 Å². The largest absolute Gasteiger partial charge is 0.356 e. The molecule has 1 amide bonds. The lowest BCUT2D eigenvalue weighted by molar-refractivity contribution is 0.0718. The molecule has 2 fully saturated rings. The van der Waals surface area contributed by atoms with E-state index in [1.54, 1.807) is 0 Å². The van der Waals surface area contributed by atoms with Crippen LogP contribution < -0.4 is 4.90 Å². The van der Waals surface area contributed by atoms with Gasteiger partial charge in [-0.3, -0.25) is 4.79 Å². The molecule has 0 unspecified atom stereocenters. The molecule has 4 heterocycles. The van der Waals surface area contributed by atoms with Crippen molar-refractivity contribution in [2.75, 3.05) is 31.1 Å². The lowest BCUT2D eigenvalue weighted by atomic mass is 10.0. The van der Waals surface area contributed by atoms with Gasteiger partial charge in [0.25, 0.3) is 5.91 Å². The predicted octanol–water partition coefficient (Wildman–Crippen LogP) is 2.41. The first-order valence-corrected chi connectivity index (χ1v) is 10.4. The molecule has 0 aromatic carbocycles. The van der Waals surface area contributed by atoms with Crippen LogP contribution in [0.4, 0.5) is 5.82 Å². The number of likely N-dealkylation sites (tertiary alicyclic amines) is 1. The molecule has 2 saturated heterocycles. The van der Waals surface area contributed by atoms with E-state index in [4.69, 9.17) is 0 Å². The van der Waals surface area contributed by atoms with Crippen molar-refractivity contribution in [3.63, 3.8) is 0 Å². The summed E-state index contributed by atoms with van der Waals surface area (Å²) in [5.41, 5.74) is 1.67. The van der Waals surface area contributed by atoms with Gasteiger partial charge in [0.1, 0.15) is 11.6 Å². The minimum atomic E-state index is 0.0208. The maximum absolute atomic E-state index is 12.6. The van der Waals surface area contributed by atoms with E-state index in [9.17, 15) is 4.79 Å². The Balaban J connectivity index is 1.40. The number of hydrogen-bond acceptors (Lipinski definition) is 6. The van der Waals surface area contributed by atoms with Gasteiger partial charge >= 0.3 is 0 Å². The number of aryl methyl sites for hydroxylation is 2. The molecule has 0 saturated carbocycles. The molecule has 0 aliphatic carbocycles. The molecule has 28 heavy (non-hydrogen) atoms. The van der Waals surface area contributed by atoms with Crippen LogP contribution in [0.3, 0.4) is 0 Å². The average molecular weight is 384 g/mol. The third-order valence-corrected chi connectivity index (χ3v) is 5.85. The van der Waals surface area contributed by atoms with E-state index in [0.29, 0.717) is 5.69 Å². The number of anilines is 1.